The van der Waals surface area contributed by atoms with Gasteiger partial charge in [0, 0.05) is 17.7 Å². The van der Waals surface area contributed by atoms with Crippen molar-refractivity contribution in [3.8, 4) is 11.8 Å². The highest BCUT2D eigenvalue weighted by Gasteiger charge is 2.13. The van der Waals surface area contributed by atoms with E-state index in [1.165, 1.54) is 11.8 Å². The van der Waals surface area contributed by atoms with Crippen molar-refractivity contribution in [3.05, 3.63) is 54.1 Å². The second-order valence-electron chi connectivity index (χ2n) is 5.86. The number of hydrogen-bond acceptors (Lipinski definition) is 6. The molecular weight excluding hydrogens is 358 g/mol. The Kier molecular flexibility index (Phi) is 4.90. The first-order valence-corrected chi connectivity index (χ1v) is 9.66. The summed E-state index contributed by atoms with van der Waals surface area (Å²) in [4.78, 5) is 4.71. The molecule has 0 spiro atoms. The second-order valence-corrected chi connectivity index (χ2v) is 6.92. The minimum Gasteiger partial charge on any atom is -0.493 e. The fourth-order valence-electron chi connectivity index (χ4n) is 2.99. The Hall–Kier alpha value is -3.11. The number of ether oxygens (including phenoxy) is 1. The number of aromatic nitrogens is 4. The molecule has 2 heterocycles. The Morgan fingerprint density at radius 1 is 1.11 bits per heavy atom. The number of nitrogens with zero attached hydrogens (tertiary/aromatic N) is 5. The average molecular weight is 375 g/mol. The number of hydrogen-bond donors (Lipinski definition) is 0. The molecule has 0 saturated carbocycles. The number of fused-ring (bicyclic) bond motifs is 3. The third kappa shape index (κ3) is 3.44. The second kappa shape index (κ2) is 7.64. The van der Waals surface area contributed by atoms with Crippen molar-refractivity contribution in [2.75, 3.05) is 12.4 Å². The molecule has 0 aliphatic carbocycles. The highest BCUT2D eigenvalue weighted by molar-refractivity contribution is 7.99. The van der Waals surface area contributed by atoms with E-state index in [1.54, 1.807) is 24.3 Å². The SMILES string of the molecule is CCn1c2ccccc2c2nnc(SCCOc3ccc(C#N)cc3)nc21. The lowest BCUT2D eigenvalue weighted by Crippen LogP contribution is -2.02. The topological polar surface area (TPSA) is 76.6 Å². The Bertz CT molecular complexity index is 1130. The Balaban J connectivity index is 1.46. The van der Waals surface area contributed by atoms with Crippen LogP contribution in [0.3, 0.4) is 0 Å². The summed E-state index contributed by atoms with van der Waals surface area (Å²) < 4.78 is 7.86. The Morgan fingerprint density at radius 2 is 1.93 bits per heavy atom. The maximum Gasteiger partial charge on any atom is 0.211 e. The molecule has 0 aliphatic heterocycles. The summed E-state index contributed by atoms with van der Waals surface area (Å²) in [7, 11) is 0. The van der Waals surface area contributed by atoms with E-state index in [4.69, 9.17) is 15.0 Å². The first-order valence-electron chi connectivity index (χ1n) is 8.67. The molecule has 134 valence electrons. The van der Waals surface area contributed by atoms with Crippen molar-refractivity contribution in [1.29, 1.82) is 5.26 Å². The van der Waals surface area contributed by atoms with Gasteiger partial charge in [-0.15, -0.1) is 10.2 Å². The number of thioether (sulfide) groups is 1. The molecule has 0 radical (unpaired) electrons. The van der Waals surface area contributed by atoms with Crippen LogP contribution < -0.4 is 4.74 Å². The minimum atomic E-state index is 0.523. The summed E-state index contributed by atoms with van der Waals surface area (Å²) in [5.74, 6) is 1.45. The third-order valence-electron chi connectivity index (χ3n) is 4.24. The van der Waals surface area contributed by atoms with E-state index >= 15 is 0 Å². The van der Waals surface area contributed by atoms with Crippen molar-refractivity contribution in [2.45, 2.75) is 18.6 Å². The van der Waals surface area contributed by atoms with Gasteiger partial charge in [0.2, 0.25) is 5.16 Å². The van der Waals surface area contributed by atoms with Gasteiger partial charge in [-0.3, -0.25) is 0 Å². The van der Waals surface area contributed by atoms with Crippen LogP contribution in [0.25, 0.3) is 22.1 Å². The zero-order valence-corrected chi connectivity index (χ0v) is 15.6. The number of nitriles is 1. The lowest BCUT2D eigenvalue weighted by Gasteiger charge is -2.05. The monoisotopic (exact) mass is 375 g/mol. The van der Waals surface area contributed by atoms with E-state index < -0.39 is 0 Å². The molecule has 27 heavy (non-hydrogen) atoms. The average Bonchev–Trinajstić information content (AvgIpc) is 3.04. The van der Waals surface area contributed by atoms with Gasteiger partial charge < -0.3 is 9.30 Å². The van der Waals surface area contributed by atoms with Crippen molar-refractivity contribution in [1.82, 2.24) is 19.7 Å². The molecule has 0 unspecified atom stereocenters. The minimum absolute atomic E-state index is 0.523. The summed E-state index contributed by atoms with van der Waals surface area (Å²) in [5, 5.41) is 19.2. The molecule has 0 saturated heterocycles. The van der Waals surface area contributed by atoms with E-state index in [9.17, 15) is 0 Å². The lowest BCUT2D eigenvalue weighted by atomic mass is 10.2. The summed E-state index contributed by atoms with van der Waals surface area (Å²) in [6.45, 7) is 3.45. The lowest BCUT2D eigenvalue weighted by molar-refractivity contribution is 0.344. The van der Waals surface area contributed by atoms with Gasteiger partial charge in [-0.25, -0.2) is 4.98 Å². The molecule has 0 amide bonds. The van der Waals surface area contributed by atoms with E-state index in [1.807, 2.05) is 12.1 Å². The molecule has 4 aromatic rings. The van der Waals surface area contributed by atoms with Gasteiger partial charge >= 0.3 is 0 Å². The van der Waals surface area contributed by atoms with Crippen LogP contribution in [0.15, 0.2) is 53.7 Å². The summed E-state index contributed by atoms with van der Waals surface area (Å²) in [5.41, 5.74) is 3.45. The van der Waals surface area contributed by atoms with Gasteiger partial charge in [-0.1, -0.05) is 30.0 Å². The van der Waals surface area contributed by atoms with Crippen LogP contribution in [0.4, 0.5) is 0 Å². The molecule has 0 aliphatic rings. The van der Waals surface area contributed by atoms with Crippen LogP contribution in [-0.4, -0.2) is 32.1 Å². The largest absolute Gasteiger partial charge is 0.493 e. The predicted molar refractivity (Wildman–Crippen MR) is 106 cm³/mol. The van der Waals surface area contributed by atoms with Gasteiger partial charge in [0.1, 0.15) is 11.3 Å². The molecule has 0 bridgehead atoms. The summed E-state index contributed by atoms with van der Waals surface area (Å²) >= 11 is 1.52. The zero-order valence-electron chi connectivity index (χ0n) is 14.8. The van der Waals surface area contributed by atoms with Crippen LogP contribution in [-0.2, 0) is 6.54 Å². The van der Waals surface area contributed by atoms with E-state index in [0.717, 1.165) is 34.4 Å². The molecular formula is C20H17N5OS. The third-order valence-corrected chi connectivity index (χ3v) is 5.04. The maximum atomic E-state index is 8.81. The molecule has 0 N–H and O–H groups in total. The number of benzene rings is 2. The number of aryl methyl sites for hydroxylation is 1. The summed E-state index contributed by atoms with van der Waals surface area (Å²) in [6, 6.07) is 17.3. The quantitative estimate of drug-likeness (QED) is 0.374. The predicted octanol–water partition coefficient (Wildman–Crippen LogP) is 4.04. The van der Waals surface area contributed by atoms with E-state index in [0.29, 0.717) is 23.1 Å². The van der Waals surface area contributed by atoms with Crippen molar-refractivity contribution >= 4 is 33.8 Å². The summed E-state index contributed by atoms with van der Waals surface area (Å²) in [6.07, 6.45) is 0. The molecule has 4 rings (SSSR count). The fourth-order valence-corrected chi connectivity index (χ4v) is 3.59. The van der Waals surface area contributed by atoms with Gasteiger partial charge in [-0.05, 0) is 37.3 Å². The van der Waals surface area contributed by atoms with Crippen LogP contribution in [0, 0.1) is 11.3 Å². The fraction of sp³-hybridized carbons (Fsp3) is 0.200. The molecule has 2 aromatic carbocycles. The molecule has 6 nitrogen and oxygen atoms in total. The first-order chi connectivity index (χ1) is 13.3. The highest BCUT2D eigenvalue weighted by atomic mass is 32.2. The van der Waals surface area contributed by atoms with Crippen LogP contribution >= 0.6 is 11.8 Å². The molecule has 0 fully saturated rings. The van der Waals surface area contributed by atoms with Crippen molar-refractivity contribution in [2.24, 2.45) is 0 Å². The van der Waals surface area contributed by atoms with E-state index in [-0.39, 0.29) is 0 Å². The normalized spacial score (nSPS) is 11.0. The zero-order chi connectivity index (χ0) is 18.6. The maximum absolute atomic E-state index is 8.81. The van der Waals surface area contributed by atoms with Crippen LogP contribution in [0.1, 0.15) is 12.5 Å². The Morgan fingerprint density at radius 3 is 2.70 bits per heavy atom. The van der Waals surface area contributed by atoms with Crippen molar-refractivity contribution < 1.29 is 4.74 Å². The van der Waals surface area contributed by atoms with Crippen LogP contribution in [0.5, 0.6) is 5.75 Å². The van der Waals surface area contributed by atoms with E-state index in [2.05, 4.69) is 39.9 Å². The molecule has 7 heteroatoms. The standard InChI is InChI=1S/C20H17N5OS/c1-2-25-17-6-4-3-5-16(17)18-19(25)22-20(24-23-18)27-12-11-26-15-9-7-14(13-21)8-10-15/h3-10H,2,11-12H2,1H3. The highest BCUT2D eigenvalue weighted by Crippen LogP contribution is 2.27. The number of para-hydroxylation sites is 1. The first kappa shape index (κ1) is 17.3. The smallest absolute Gasteiger partial charge is 0.211 e. The number of rotatable bonds is 6. The Labute approximate surface area is 160 Å². The van der Waals surface area contributed by atoms with Gasteiger partial charge in [0.15, 0.2) is 5.65 Å². The van der Waals surface area contributed by atoms with Gasteiger partial charge in [0.25, 0.3) is 0 Å². The van der Waals surface area contributed by atoms with Gasteiger partial charge in [0.05, 0.1) is 23.8 Å². The van der Waals surface area contributed by atoms with Crippen molar-refractivity contribution in [3.63, 3.8) is 0 Å². The van der Waals surface area contributed by atoms with Gasteiger partial charge in [-0.2, -0.15) is 5.26 Å². The molecule has 2 aromatic heterocycles. The van der Waals surface area contributed by atoms with Crippen LogP contribution in [0.2, 0.25) is 0 Å². The molecule has 0 atom stereocenters.